The van der Waals surface area contributed by atoms with E-state index >= 15 is 0 Å². The van der Waals surface area contributed by atoms with Crippen LogP contribution >= 0.6 is 31.9 Å². The lowest BCUT2D eigenvalue weighted by Crippen LogP contribution is -2.43. The number of nitrogens with two attached hydrogens (primary N) is 2. The Morgan fingerprint density at radius 2 is 1.13 bits per heavy atom. The third-order valence-electron chi connectivity index (χ3n) is 12.5. The van der Waals surface area contributed by atoms with Crippen LogP contribution < -0.4 is 36.0 Å². The Labute approximate surface area is 432 Å². The van der Waals surface area contributed by atoms with E-state index in [2.05, 4.69) is 96.4 Å². The number of likely N-dealkylation sites (tertiary alicyclic amines) is 2. The Balaban J connectivity index is 0.000000209. The number of ether oxygens (including phenoxy) is 2. The number of aromatic nitrogens is 4. The van der Waals surface area contributed by atoms with E-state index in [1.807, 2.05) is 79.4 Å². The zero-order chi connectivity index (χ0) is 49.7. The second kappa shape index (κ2) is 25.5. The van der Waals surface area contributed by atoms with Crippen molar-refractivity contribution in [1.29, 1.82) is 0 Å². The molecule has 8 rings (SSSR count). The van der Waals surface area contributed by atoms with Gasteiger partial charge in [-0.05, 0) is 187 Å². The smallest absolute Gasteiger partial charge is 0.323 e. The predicted molar refractivity (Wildman–Crippen MR) is 296 cm³/mol. The number of phenolic OH excluding ortho intramolecular Hbond substituents is 1. The first-order chi connectivity index (χ1) is 32.9. The fraction of sp³-hybridized carbons (Fsp3) is 0.404. The van der Waals surface area contributed by atoms with Gasteiger partial charge in [0, 0.05) is 61.1 Å². The van der Waals surface area contributed by atoms with Gasteiger partial charge in [0.25, 0.3) is 0 Å². The predicted octanol–water partition coefficient (Wildman–Crippen LogP) is 11.9. The minimum atomic E-state index is -1.70. The number of urea groups is 1. The Morgan fingerprint density at radius 1 is 0.686 bits per heavy atom. The zero-order valence-electron chi connectivity index (χ0n) is 40.9. The molecule has 2 aliphatic heterocycles. The Hall–Kier alpha value is -5.53. The molecule has 0 bridgehead atoms. The lowest BCUT2D eigenvalue weighted by atomic mass is 10.1. The number of anilines is 4. The molecule has 4 aromatic carbocycles. The highest BCUT2D eigenvalue weighted by atomic mass is 79.9. The number of phenols is 1. The number of amides is 2. The van der Waals surface area contributed by atoms with Gasteiger partial charge in [-0.1, -0.05) is 28.2 Å². The molecule has 2 aromatic heterocycles. The maximum atomic E-state index is 12.5. The second-order valence-electron chi connectivity index (χ2n) is 18.7. The Bertz CT molecular complexity index is 2550. The van der Waals surface area contributed by atoms with Gasteiger partial charge in [-0.25, -0.2) is 4.79 Å². The van der Waals surface area contributed by atoms with E-state index < -0.39 is 8.32 Å². The van der Waals surface area contributed by atoms with Crippen LogP contribution in [-0.4, -0.2) is 101 Å². The molecule has 15 nitrogen and oxygen atoms in total. The molecule has 0 spiro atoms. The van der Waals surface area contributed by atoms with E-state index in [1.165, 1.54) is 50.9 Å². The summed E-state index contributed by atoms with van der Waals surface area (Å²) in [6.45, 7) is 18.9. The SMILES string of the molecule is C.CC(C)(C)[Si](C)(C)Oc1ccc(N)cc1.Cn1ncc(Br)c1-c1cc(N)ccc1OCCN1CCCC1.Cn1ncc(Br)c1-c1cc(NC(=O)Nc2ccc(O)cc2)ccc1OCCN1CCCC1. The number of aryl methyl sites for hydroxylation is 2. The average Bonchev–Trinajstić information content (AvgIpc) is 4.14. The first-order valence-corrected chi connectivity index (χ1v) is 27.9. The molecular formula is C52H72Br2N10O5Si. The van der Waals surface area contributed by atoms with Crippen molar-refractivity contribution in [1.82, 2.24) is 29.4 Å². The van der Waals surface area contributed by atoms with Gasteiger partial charge in [-0.3, -0.25) is 19.2 Å². The molecule has 2 amide bonds. The molecule has 0 atom stereocenters. The van der Waals surface area contributed by atoms with E-state index in [0.29, 0.717) is 24.6 Å². The van der Waals surface area contributed by atoms with Gasteiger partial charge >= 0.3 is 6.03 Å². The van der Waals surface area contributed by atoms with E-state index in [0.717, 1.165) is 86.3 Å². The van der Waals surface area contributed by atoms with Crippen molar-refractivity contribution in [3.8, 4) is 45.5 Å². The number of hydrogen-bond donors (Lipinski definition) is 5. The molecule has 70 heavy (non-hydrogen) atoms. The number of nitrogens with zero attached hydrogens (tertiary/aromatic N) is 6. The molecule has 6 aromatic rings. The molecule has 2 aliphatic rings. The minimum absolute atomic E-state index is 0. The van der Waals surface area contributed by atoms with Gasteiger partial charge in [-0.15, -0.1) is 0 Å². The molecule has 4 heterocycles. The molecule has 378 valence electrons. The number of halogens is 2. The van der Waals surface area contributed by atoms with E-state index in [1.54, 1.807) is 29.2 Å². The van der Waals surface area contributed by atoms with Crippen molar-refractivity contribution < 1.29 is 23.8 Å². The maximum Gasteiger partial charge on any atom is 0.323 e. The molecule has 0 unspecified atom stereocenters. The van der Waals surface area contributed by atoms with E-state index in [9.17, 15) is 9.90 Å². The molecule has 0 aliphatic carbocycles. The number of nitrogen functional groups attached to an aromatic ring is 2. The monoisotopic (exact) mass is 1100 g/mol. The van der Waals surface area contributed by atoms with Crippen LogP contribution in [0.1, 0.15) is 53.9 Å². The summed E-state index contributed by atoms with van der Waals surface area (Å²) in [5.74, 6) is 2.65. The quantitative estimate of drug-likeness (QED) is 0.0397. The van der Waals surface area contributed by atoms with Crippen molar-refractivity contribution in [2.45, 2.75) is 72.0 Å². The molecule has 7 N–H and O–H groups in total. The number of aromatic hydroxyl groups is 1. The minimum Gasteiger partial charge on any atom is -0.544 e. The highest BCUT2D eigenvalue weighted by Crippen LogP contribution is 2.39. The van der Waals surface area contributed by atoms with Gasteiger partial charge in [0.2, 0.25) is 8.32 Å². The summed E-state index contributed by atoms with van der Waals surface area (Å²) in [4.78, 5) is 17.3. The first-order valence-electron chi connectivity index (χ1n) is 23.4. The second-order valence-corrected chi connectivity index (χ2v) is 25.2. The normalized spacial score (nSPS) is 13.8. The summed E-state index contributed by atoms with van der Waals surface area (Å²) in [7, 11) is 2.08. The Morgan fingerprint density at radius 3 is 1.60 bits per heavy atom. The summed E-state index contributed by atoms with van der Waals surface area (Å²) in [6, 6.07) is 24.9. The highest BCUT2D eigenvalue weighted by molar-refractivity contribution is 9.11. The van der Waals surface area contributed by atoms with Crippen LogP contribution in [0.25, 0.3) is 22.5 Å². The van der Waals surface area contributed by atoms with Crippen molar-refractivity contribution in [2.75, 3.05) is 74.6 Å². The van der Waals surface area contributed by atoms with E-state index in [4.69, 9.17) is 25.4 Å². The number of carbonyl (C=O) groups excluding carboxylic acids is 1. The third-order valence-corrected chi connectivity index (χ3v) is 18.0. The van der Waals surface area contributed by atoms with Crippen LogP contribution in [0.2, 0.25) is 18.1 Å². The summed E-state index contributed by atoms with van der Waals surface area (Å²) >= 11 is 7.11. The van der Waals surface area contributed by atoms with Gasteiger partial charge in [0.1, 0.15) is 36.2 Å². The van der Waals surface area contributed by atoms with Gasteiger partial charge in [0.05, 0.1) is 32.7 Å². The number of hydrogen-bond acceptors (Lipinski definition) is 11. The van der Waals surface area contributed by atoms with Crippen LogP contribution in [0.3, 0.4) is 0 Å². The summed E-state index contributed by atoms with van der Waals surface area (Å²) in [5.41, 5.74) is 17.9. The van der Waals surface area contributed by atoms with Crippen LogP contribution in [0.4, 0.5) is 27.5 Å². The number of benzene rings is 4. The molecule has 0 radical (unpaired) electrons. The van der Waals surface area contributed by atoms with Crippen molar-refractivity contribution in [2.24, 2.45) is 14.1 Å². The topological polar surface area (TPSA) is 183 Å². The number of nitrogens with one attached hydrogen (secondary N) is 2. The largest absolute Gasteiger partial charge is 0.544 e. The zero-order valence-corrected chi connectivity index (χ0v) is 45.1. The molecule has 2 saturated heterocycles. The maximum absolute atomic E-state index is 12.5. The lowest BCUT2D eigenvalue weighted by molar-refractivity contribution is 0.238. The van der Waals surface area contributed by atoms with E-state index in [-0.39, 0.29) is 24.2 Å². The van der Waals surface area contributed by atoms with Crippen LogP contribution in [0.5, 0.6) is 23.0 Å². The molecule has 18 heteroatoms. The fourth-order valence-electron chi connectivity index (χ4n) is 7.61. The number of rotatable bonds is 14. The number of carbonyl (C=O) groups is 1. The summed E-state index contributed by atoms with van der Waals surface area (Å²) in [5, 5.41) is 23.8. The van der Waals surface area contributed by atoms with Crippen molar-refractivity contribution in [3.05, 3.63) is 106 Å². The van der Waals surface area contributed by atoms with Gasteiger partial charge in [0.15, 0.2) is 0 Å². The lowest BCUT2D eigenvalue weighted by Gasteiger charge is -2.36. The highest BCUT2D eigenvalue weighted by Gasteiger charge is 2.39. The van der Waals surface area contributed by atoms with Crippen molar-refractivity contribution >= 4 is 69.0 Å². The standard InChI is InChI=1S/C23H26BrN5O3.C16H21BrN4O.C12H21NOSi.CH4/c1-28-22(20(24)15-25-28)19-14-17(27-23(31)26-16-4-7-18(30)8-5-16)6-9-21(19)32-13-12-29-10-2-3-11-29;1-20-16(14(17)11-19-20)13-10-12(18)4-5-15(13)22-9-8-21-6-2-3-7-21;1-12(2,3)15(4,5)14-11-8-6-10(13)7-9-11;/h4-9,14-15,30H,2-3,10-13H2,1H3,(H2,26,27,31);4-5,10-11H,2-3,6-9,18H2,1H3;6-9H,13H2,1-5H3;1H4. The first kappa shape index (κ1) is 55.4. The summed E-state index contributed by atoms with van der Waals surface area (Å²) < 4.78 is 23.7. The molecule has 0 saturated carbocycles. The molecule has 2 fully saturated rings. The third kappa shape index (κ3) is 15.7. The van der Waals surface area contributed by atoms with Gasteiger partial charge < -0.3 is 41.1 Å². The summed E-state index contributed by atoms with van der Waals surface area (Å²) in [6.07, 6.45) is 8.62. The Kier molecular flexibility index (Phi) is 20.2. The van der Waals surface area contributed by atoms with Crippen molar-refractivity contribution in [3.63, 3.8) is 0 Å². The van der Waals surface area contributed by atoms with Crippen LogP contribution in [0, 0.1) is 0 Å². The van der Waals surface area contributed by atoms with Crippen LogP contribution in [0.15, 0.2) is 106 Å². The average molecular weight is 1110 g/mol. The molecular weight excluding hydrogens is 1030 g/mol. The fourth-order valence-corrected chi connectivity index (χ4v) is 9.76. The van der Waals surface area contributed by atoms with Crippen LogP contribution in [-0.2, 0) is 14.1 Å². The van der Waals surface area contributed by atoms with Gasteiger partial charge in [-0.2, -0.15) is 10.2 Å².